The second-order valence-corrected chi connectivity index (χ2v) is 5.68. The summed E-state index contributed by atoms with van der Waals surface area (Å²) in [6.45, 7) is 0.795. The lowest BCUT2D eigenvalue weighted by atomic mass is 10.1. The van der Waals surface area contributed by atoms with Crippen molar-refractivity contribution in [1.29, 1.82) is 0 Å². The molecule has 1 aliphatic heterocycles. The zero-order valence-corrected chi connectivity index (χ0v) is 12.6. The topological polar surface area (TPSA) is 51.3 Å². The smallest absolute Gasteiger partial charge is 0.435 e. The summed E-state index contributed by atoms with van der Waals surface area (Å²) < 4.78 is 44.1. The predicted molar refractivity (Wildman–Crippen MR) is 75.1 cm³/mol. The van der Waals surface area contributed by atoms with E-state index in [4.69, 9.17) is 16.0 Å². The Morgan fingerprint density at radius 3 is 2.78 bits per heavy atom. The van der Waals surface area contributed by atoms with E-state index in [1.54, 1.807) is 4.90 Å². The van der Waals surface area contributed by atoms with Crippen LogP contribution in [0, 0.1) is 0 Å². The number of piperidine rings is 1. The first kappa shape index (κ1) is 15.9. The molecular formula is C14H13ClF3N3O2. The van der Waals surface area contributed by atoms with Crippen molar-refractivity contribution >= 4 is 17.5 Å². The van der Waals surface area contributed by atoms with Crippen LogP contribution in [0.3, 0.4) is 0 Å². The van der Waals surface area contributed by atoms with Gasteiger partial charge in [0.2, 0.25) is 5.22 Å². The Labute approximate surface area is 134 Å². The Kier molecular flexibility index (Phi) is 4.09. The largest absolute Gasteiger partial charge is 0.452 e. The Balaban J connectivity index is 1.75. The summed E-state index contributed by atoms with van der Waals surface area (Å²) in [5.74, 6) is -0.295. The molecule has 9 heteroatoms. The summed E-state index contributed by atoms with van der Waals surface area (Å²) in [6.07, 6.45) is -0.527. The van der Waals surface area contributed by atoms with Crippen LogP contribution in [0.15, 0.2) is 29.0 Å². The van der Waals surface area contributed by atoms with Crippen LogP contribution in [0.2, 0.25) is 5.22 Å². The molecule has 3 heterocycles. The lowest BCUT2D eigenvalue weighted by Crippen LogP contribution is -2.40. The van der Waals surface area contributed by atoms with Crippen LogP contribution < -0.4 is 0 Å². The van der Waals surface area contributed by atoms with Gasteiger partial charge in [0.25, 0.3) is 5.91 Å². The van der Waals surface area contributed by atoms with Gasteiger partial charge in [-0.05, 0) is 36.6 Å². The average Bonchev–Trinajstić information content (AvgIpc) is 3.15. The van der Waals surface area contributed by atoms with Gasteiger partial charge in [0.05, 0.1) is 17.9 Å². The van der Waals surface area contributed by atoms with Gasteiger partial charge >= 0.3 is 6.18 Å². The molecule has 3 rings (SSSR count). The van der Waals surface area contributed by atoms with Crippen molar-refractivity contribution in [2.75, 3.05) is 13.1 Å². The molecule has 2 aromatic heterocycles. The molecule has 0 aromatic carbocycles. The van der Waals surface area contributed by atoms with Crippen LogP contribution in [-0.2, 0) is 6.18 Å². The van der Waals surface area contributed by atoms with E-state index in [1.165, 1.54) is 23.2 Å². The molecule has 23 heavy (non-hydrogen) atoms. The van der Waals surface area contributed by atoms with Gasteiger partial charge in [0.1, 0.15) is 0 Å². The van der Waals surface area contributed by atoms with Crippen molar-refractivity contribution in [2.24, 2.45) is 0 Å². The standard InChI is InChI=1S/C14H13ClF3N3O2/c15-12-10(4-7-23-12)13(22)20-5-1-2-9(8-20)21-6-3-11(19-21)14(16,17)18/h3-4,6-7,9H,1-2,5,8H2. The number of likely N-dealkylation sites (tertiary alicyclic amines) is 1. The molecule has 1 amide bonds. The van der Waals surface area contributed by atoms with Gasteiger partial charge in [0.15, 0.2) is 5.69 Å². The van der Waals surface area contributed by atoms with Gasteiger partial charge in [-0.2, -0.15) is 18.3 Å². The highest BCUT2D eigenvalue weighted by Gasteiger charge is 2.35. The van der Waals surface area contributed by atoms with E-state index in [2.05, 4.69) is 5.10 Å². The second kappa shape index (κ2) is 5.92. The molecule has 0 aliphatic carbocycles. The number of amides is 1. The molecule has 1 fully saturated rings. The Bertz CT molecular complexity index is 710. The monoisotopic (exact) mass is 347 g/mol. The van der Waals surface area contributed by atoms with Gasteiger partial charge in [-0.25, -0.2) is 0 Å². The van der Waals surface area contributed by atoms with E-state index in [0.29, 0.717) is 19.4 Å². The van der Waals surface area contributed by atoms with Crippen LogP contribution in [0.25, 0.3) is 0 Å². The minimum absolute atomic E-state index is 0.00979. The molecule has 1 aliphatic rings. The van der Waals surface area contributed by atoms with E-state index in [9.17, 15) is 18.0 Å². The van der Waals surface area contributed by atoms with Gasteiger partial charge in [-0.15, -0.1) is 0 Å². The quantitative estimate of drug-likeness (QED) is 0.833. The highest BCUT2D eigenvalue weighted by atomic mass is 35.5. The molecule has 0 radical (unpaired) electrons. The van der Waals surface area contributed by atoms with Crippen LogP contribution in [0.1, 0.15) is 34.9 Å². The first-order chi connectivity index (χ1) is 10.9. The van der Waals surface area contributed by atoms with Crippen molar-refractivity contribution in [2.45, 2.75) is 25.1 Å². The predicted octanol–water partition coefficient (Wildman–Crippen LogP) is 3.63. The normalized spacial score (nSPS) is 19.1. The maximum atomic E-state index is 12.6. The average molecular weight is 348 g/mol. The van der Waals surface area contributed by atoms with Gasteiger partial charge < -0.3 is 9.32 Å². The first-order valence-corrected chi connectivity index (χ1v) is 7.38. The van der Waals surface area contributed by atoms with Crippen LogP contribution in [0.5, 0.6) is 0 Å². The van der Waals surface area contributed by atoms with Crippen molar-refractivity contribution in [3.63, 3.8) is 0 Å². The van der Waals surface area contributed by atoms with E-state index in [-0.39, 0.29) is 29.3 Å². The van der Waals surface area contributed by atoms with Gasteiger partial charge in [-0.3, -0.25) is 9.48 Å². The summed E-state index contributed by atoms with van der Waals surface area (Å²) in [5.41, 5.74) is -0.678. The molecule has 1 unspecified atom stereocenters. The Hall–Kier alpha value is -1.96. The Morgan fingerprint density at radius 2 is 2.17 bits per heavy atom. The third kappa shape index (κ3) is 3.21. The molecular weight excluding hydrogens is 335 g/mol. The van der Waals surface area contributed by atoms with Crippen LogP contribution in [0.4, 0.5) is 13.2 Å². The summed E-state index contributed by atoms with van der Waals surface area (Å²) in [6, 6.07) is 2.12. The number of hydrogen-bond acceptors (Lipinski definition) is 3. The molecule has 5 nitrogen and oxygen atoms in total. The molecule has 0 N–H and O–H groups in total. The number of rotatable bonds is 2. The number of halogens is 4. The fourth-order valence-electron chi connectivity index (χ4n) is 2.66. The van der Waals surface area contributed by atoms with Gasteiger partial charge in [0, 0.05) is 19.3 Å². The van der Waals surface area contributed by atoms with E-state index >= 15 is 0 Å². The van der Waals surface area contributed by atoms with Crippen molar-refractivity contribution < 1.29 is 22.4 Å². The molecule has 0 bridgehead atoms. The van der Waals surface area contributed by atoms with E-state index in [0.717, 1.165) is 6.07 Å². The third-order valence-corrected chi connectivity index (χ3v) is 4.10. The van der Waals surface area contributed by atoms with Crippen LogP contribution >= 0.6 is 11.6 Å². The maximum absolute atomic E-state index is 12.6. The van der Waals surface area contributed by atoms with E-state index in [1.807, 2.05) is 0 Å². The lowest BCUT2D eigenvalue weighted by Gasteiger charge is -2.32. The second-order valence-electron chi connectivity index (χ2n) is 5.33. The highest BCUT2D eigenvalue weighted by Crippen LogP contribution is 2.30. The number of aromatic nitrogens is 2. The first-order valence-electron chi connectivity index (χ1n) is 7.01. The highest BCUT2D eigenvalue weighted by molar-refractivity contribution is 6.32. The number of hydrogen-bond donors (Lipinski definition) is 0. The molecule has 0 spiro atoms. The minimum atomic E-state index is -4.47. The third-order valence-electron chi connectivity index (χ3n) is 3.81. The van der Waals surface area contributed by atoms with Crippen LogP contribution in [-0.4, -0.2) is 33.7 Å². The summed E-state index contributed by atoms with van der Waals surface area (Å²) in [7, 11) is 0. The summed E-state index contributed by atoms with van der Waals surface area (Å²) in [5, 5.41) is 3.60. The molecule has 0 saturated carbocycles. The zero-order valence-electron chi connectivity index (χ0n) is 11.9. The summed E-state index contributed by atoms with van der Waals surface area (Å²) >= 11 is 5.80. The number of nitrogens with zero attached hydrogens (tertiary/aromatic N) is 3. The molecule has 1 saturated heterocycles. The van der Waals surface area contributed by atoms with Crippen molar-refractivity contribution in [3.05, 3.63) is 41.1 Å². The number of alkyl halides is 3. The fraction of sp³-hybridized carbons (Fsp3) is 0.429. The van der Waals surface area contributed by atoms with Gasteiger partial charge in [-0.1, -0.05) is 0 Å². The van der Waals surface area contributed by atoms with Crippen molar-refractivity contribution in [3.8, 4) is 0 Å². The zero-order chi connectivity index (χ0) is 16.6. The minimum Gasteiger partial charge on any atom is -0.452 e. The molecule has 2 aromatic rings. The Morgan fingerprint density at radius 1 is 1.39 bits per heavy atom. The molecule has 1 atom stereocenters. The SMILES string of the molecule is O=C(c1ccoc1Cl)N1CCCC(n2ccc(C(F)(F)F)n2)C1. The number of furan rings is 1. The number of carbonyl (C=O) groups is 1. The lowest BCUT2D eigenvalue weighted by molar-refractivity contribution is -0.141. The number of carbonyl (C=O) groups excluding carboxylic acids is 1. The fourth-order valence-corrected chi connectivity index (χ4v) is 2.86. The molecule has 124 valence electrons. The maximum Gasteiger partial charge on any atom is 0.435 e. The van der Waals surface area contributed by atoms with E-state index < -0.39 is 11.9 Å². The van der Waals surface area contributed by atoms with Crippen molar-refractivity contribution in [1.82, 2.24) is 14.7 Å². The summed E-state index contributed by atoms with van der Waals surface area (Å²) in [4.78, 5) is 14.0.